The Labute approximate surface area is 175 Å². The molecule has 2 rings (SSSR count). The van der Waals surface area contributed by atoms with Crippen molar-refractivity contribution in [2.45, 2.75) is 98.3 Å². The first-order valence-electron chi connectivity index (χ1n) is 10.7. The number of nitrogens with two attached hydrogens (primary N) is 1. The summed E-state index contributed by atoms with van der Waals surface area (Å²) >= 11 is 0. The second kappa shape index (κ2) is 8.15. The van der Waals surface area contributed by atoms with Crippen LogP contribution in [0.15, 0.2) is 0 Å². The van der Waals surface area contributed by atoms with Gasteiger partial charge in [-0.25, -0.2) is 4.79 Å². The molecule has 7 nitrogen and oxygen atoms in total. The highest BCUT2D eigenvalue weighted by molar-refractivity contribution is 6.03. The van der Waals surface area contributed by atoms with Crippen LogP contribution in [0.5, 0.6) is 0 Å². The van der Waals surface area contributed by atoms with Crippen LogP contribution in [0.4, 0.5) is 4.79 Å². The van der Waals surface area contributed by atoms with Gasteiger partial charge in [-0.2, -0.15) is 0 Å². The molecular formula is C22H39N3O4. The average molecular weight is 410 g/mol. The molecule has 0 aromatic carbocycles. The number of hydrogen-bond donors (Lipinski definition) is 1. The lowest BCUT2D eigenvalue weighted by molar-refractivity contribution is -0.152. The molecule has 1 aliphatic carbocycles. The lowest BCUT2D eigenvalue weighted by atomic mass is 9.74. The molecule has 0 bridgehead atoms. The van der Waals surface area contributed by atoms with E-state index in [1.165, 1.54) is 0 Å². The molecule has 29 heavy (non-hydrogen) atoms. The second-order valence-corrected chi connectivity index (χ2v) is 11.0. The smallest absolute Gasteiger partial charge is 0.410 e. The summed E-state index contributed by atoms with van der Waals surface area (Å²) in [6.45, 7) is 14.2. The number of likely N-dealkylation sites (tertiary alicyclic amines) is 1. The Morgan fingerprint density at radius 2 is 1.55 bits per heavy atom. The van der Waals surface area contributed by atoms with E-state index < -0.39 is 16.9 Å². The molecule has 0 radical (unpaired) electrons. The zero-order chi connectivity index (χ0) is 22.2. The van der Waals surface area contributed by atoms with Crippen molar-refractivity contribution in [3.8, 4) is 0 Å². The Bertz CT molecular complexity index is 641. The Balaban J connectivity index is 2.21. The van der Waals surface area contributed by atoms with Crippen LogP contribution >= 0.6 is 0 Å². The van der Waals surface area contributed by atoms with Gasteiger partial charge in [0, 0.05) is 19.1 Å². The number of amides is 3. The van der Waals surface area contributed by atoms with Gasteiger partial charge in [0.2, 0.25) is 11.8 Å². The van der Waals surface area contributed by atoms with Gasteiger partial charge in [-0.1, -0.05) is 13.8 Å². The van der Waals surface area contributed by atoms with Crippen LogP contribution < -0.4 is 5.73 Å². The minimum atomic E-state index is -1.27. The van der Waals surface area contributed by atoms with Gasteiger partial charge in [-0.05, 0) is 72.1 Å². The monoisotopic (exact) mass is 409 g/mol. The predicted molar refractivity (Wildman–Crippen MR) is 112 cm³/mol. The molecule has 1 saturated heterocycles. The quantitative estimate of drug-likeness (QED) is 0.721. The maximum Gasteiger partial charge on any atom is 0.410 e. The molecular weight excluding hydrogens is 370 g/mol. The van der Waals surface area contributed by atoms with Crippen LogP contribution in [0.2, 0.25) is 0 Å². The molecule has 0 spiro atoms. The first-order chi connectivity index (χ1) is 13.1. The zero-order valence-electron chi connectivity index (χ0n) is 19.2. The predicted octanol–water partition coefficient (Wildman–Crippen LogP) is 3.30. The van der Waals surface area contributed by atoms with Crippen molar-refractivity contribution in [1.29, 1.82) is 0 Å². The number of ether oxygens (including phenoxy) is 1. The van der Waals surface area contributed by atoms with Gasteiger partial charge in [0.25, 0.3) is 0 Å². The van der Waals surface area contributed by atoms with Gasteiger partial charge >= 0.3 is 6.09 Å². The van der Waals surface area contributed by atoms with Crippen LogP contribution in [0.25, 0.3) is 0 Å². The standard InChI is InChI=1S/C22H39N3O4/c1-20(2,3)29-19(28)24-13-10-16(14-24)25(18(27)22(6,7)17(23)26)15-8-11-21(4,5)12-9-15/h15-16H,8-14H2,1-7H3,(H2,23,26)/t16-/m0/s1. The summed E-state index contributed by atoms with van der Waals surface area (Å²) in [6, 6.07) is -0.0578. The molecule has 1 atom stereocenters. The summed E-state index contributed by atoms with van der Waals surface area (Å²) in [6.07, 6.45) is 4.18. The number of rotatable bonds is 4. The molecule has 1 heterocycles. The molecule has 2 aliphatic rings. The molecule has 2 fully saturated rings. The van der Waals surface area contributed by atoms with E-state index in [1.54, 1.807) is 18.7 Å². The van der Waals surface area contributed by atoms with E-state index in [9.17, 15) is 14.4 Å². The van der Waals surface area contributed by atoms with Crippen LogP contribution in [-0.4, -0.2) is 58.5 Å². The summed E-state index contributed by atoms with van der Waals surface area (Å²) in [7, 11) is 0. The topological polar surface area (TPSA) is 92.9 Å². The van der Waals surface area contributed by atoms with E-state index in [2.05, 4.69) is 13.8 Å². The molecule has 3 amide bonds. The zero-order valence-corrected chi connectivity index (χ0v) is 19.2. The minimum absolute atomic E-state index is 0.0673. The minimum Gasteiger partial charge on any atom is -0.444 e. The molecule has 166 valence electrons. The lowest BCUT2D eigenvalue weighted by Crippen LogP contribution is -2.57. The SMILES string of the molecule is CC1(C)CCC(N(C(=O)C(C)(C)C(N)=O)[C@H]2CCN(C(=O)OC(C)(C)C)C2)CC1. The second-order valence-electron chi connectivity index (χ2n) is 11.0. The number of nitrogens with zero attached hydrogens (tertiary/aromatic N) is 2. The van der Waals surface area contributed by atoms with Crippen molar-refractivity contribution in [3.63, 3.8) is 0 Å². The maximum atomic E-state index is 13.4. The van der Waals surface area contributed by atoms with E-state index in [1.807, 2.05) is 25.7 Å². The molecule has 1 aliphatic heterocycles. The fourth-order valence-corrected chi connectivity index (χ4v) is 4.18. The van der Waals surface area contributed by atoms with Gasteiger partial charge < -0.3 is 20.3 Å². The van der Waals surface area contributed by atoms with Crippen LogP contribution in [0, 0.1) is 10.8 Å². The maximum absolute atomic E-state index is 13.4. The molecule has 0 aromatic heterocycles. The number of primary amides is 1. The first kappa shape index (κ1) is 23.5. The van der Waals surface area contributed by atoms with E-state index in [4.69, 9.17) is 10.5 Å². The van der Waals surface area contributed by atoms with Crippen molar-refractivity contribution in [3.05, 3.63) is 0 Å². The van der Waals surface area contributed by atoms with Crippen molar-refractivity contribution in [1.82, 2.24) is 9.80 Å². The summed E-state index contributed by atoms with van der Waals surface area (Å²) in [5.41, 5.74) is 3.99. The molecule has 2 N–H and O–H groups in total. The van der Waals surface area contributed by atoms with Gasteiger partial charge in [0.05, 0.1) is 6.04 Å². The Hall–Kier alpha value is -1.79. The Kier molecular flexibility index (Phi) is 6.60. The van der Waals surface area contributed by atoms with Crippen molar-refractivity contribution >= 4 is 17.9 Å². The summed E-state index contributed by atoms with van der Waals surface area (Å²) < 4.78 is 5.50. The van der Waals surface area contributed by atoms with E-state index in [0.717, 1.165) is 25.7 Å². The summed E-state index contributed by atoms with van der Waals surface area (Å²) in [5.74, 6) is -0.851. The number of hydrogen-bond acceptors (Lipinski definition) is 4. The van der Waals surface area contributed by atoms with Gasteiger partial charge in [0.1, 0.15) is 11.0 Å². The highest BCUT2D eigenvalue weighted by Crippen LogP contribution is 2.39. The van der Waals surface area contributed by atoms with Crippen LogP contribution in [-0.2, 0) is 14.3 Å². The van der Waals surface area contributed by atoms with Crippen LogP contribution in [0.3, 0.4) is 0 Å². The van der Waals surface area contributed by atoms with Crippen LogP contribution in [0.1, 0.15) is 80.6 Å². The van der Waals surface area contributed by atoms with Gasteiger partial charge in [-0.15, -0.1) is 0 Å². The largest absolute Gasteiger partial charge is 0.444 e. The molecule has 0 unspecified atom stereocenters. The third kappa shape index (κ3) is 5.64. The third-order valence-corrected chi connectivity index (χ3v) is 6.30. The normalized spacial score (nSPS) is 23.0. The average Bonchev–Trinajstić information content (AvgIpc) is 3.04. The number of carbonyl (C=O) groups excluding carboxylic acids is 3. The summed E-state index contributed by atoms with van der Waals surface area (Å²) in [5, 5.41) is 0. The fraction of sp³-hybridized carbons (Fsp3) is 0.864. The van der Waals surface area contributed by atoms with Crippen molar-refractivity contribution in [2.75, 3.05) is 13.1 Å². The Morgan fingerprint density at radius 3 is 2.03 bits per heavy atom. The van der Waals surface area contributed by atoms with Crippen molar-refractivity contribution in [2.24, 2.45) is 16.6 Å². The molecule has 1 saturated carbocycles. The van der Waals surface area contributed by atoms with E-state index in [-0.39, 0.29) is 29.5 Å². The van der Waals surface area contributed by atoms with Gasteiger partial charge in [0.15, 0.2) is 0 Å². The lowest BCUT2D eigenvalue weighted by Gasteiger charge is -2.44. The highest BCUT2D eigenvalue weighted by atomic mass is 16.6. The molecule has 7 heteroatoms. The highest BCUT2D eigenvalue weighted by Gasteiger charge is 2.46. The third-order valence-electron chi connectivity index (χ3n) is 6.30. The van der Waals surface area contributed by atoms with Gasteiger partial charge in [-0.3, -0.25) is 9.59 Å². The van der Waals surface area contributed by atoms with E-state index in [0.29, 0.717) is 19.5 Å². The van der Waals surface area contributed by atoms with E-state index >= 15 is 0 Å². The fourth-order valence-electron chi connectivity index (χ4n) is 4.18. The number of carbonyl (C=O) groups is 3. The summed E-state index contributed by atoms with van der Waals surface area (Å²) in [4.78, 5) is 41.5. The van der Waals surface area contributed by atoms with Crippen molar-refractivity contribution < 1.29 is 19.1 Å². The molecule has 0 aromatic rings. The Morgan fingerprint density at radius 1 is 1.00 bits per heavy atom. The first-order valence-corrected chi connectivity index (χ1v) is 10.7.